The fraction of sp³-hybridized carbons (Fsp3) is 0.826. The fourth-order valence-corrected chi connectivity index (χ4v) is 3.44. The van der Waals surface area contributed by atoms with E-state index < -0.39 is 28.4 Å². The number of thiol groups is 1. The number of nitrogens with one attached hydrogen (secondary N) is 2. The second-order valence-corrected chi connectivity index (χ2v) is 12.4. The number of aliphatic carboxylic acids is 1. The van der Waals surface area contributed by atoms with Gasteiger partial charge in [-0.15, -0.1) is 0 Å². The van der Waals surface area contributed by atoms with Crippen molar-refractivity contribution in [2.75, 3.05) is 0 Å². The molecule has 31 heavy (non-hydrogen) atoms. The van der Waals surface area contributed by atoms with Crippen LogP contribution in [-0.2, 0) is 19.2 Å². The number of carbonyl (C=O) groups is 4. The first-order chi connectivity index (χ1) is 13.7. The molecule has 0 aliphatic rings. The minimum Gasteiger partial charge on any atom is -0.480 e. The summed E-state index contributed by atoms with van der Waals surface area (Å²) in [6.45, 7) is 16.3. The van der Waals surface area contributed by atoms with Gasteiger partial charge in [0, 0.05) is 27.5 Å². The molecule has 0 spiro atoms. The molecule has 0 rings (SSSR count). The highest BCUT2D eigenvalue weighted by Gasteiger charge is 2.35. The van der Waals surface area contributed by atoms with Crippen LogP contribution in [0.25, 0.3) is 0 Å². The number of carboxylic acids is 1. The number of Topliss-reactive ketones (excluding diaryl/α,β-unsaturated/α-hetero) is 1. The topological polar surface area (TPSA) is 113 Å². The van der Waals surface area contributed by atoms with E-state index in [0.29, 0.717) is 19.3 Å². The molecule has 0 fully saturated rings. The van der Waals surface area contributed by atoms with E-state index in [1.165, 1.54) is 6.92 Å². The van der Waals surface area contributed by atoms with Crippen molar-refractivity contribution in [2.45, 2.75) is 111 Å². The van der Waals surface area contributed by atoms with Crippen LogP contribution in [0.3, 0.4) is 0 Å². The van der Waals surface area contributed by atoms with E-state index in [1.807, 2.05) is 41.5 Å². The molecule has 3 N–H and O–H groups in total. The first-order valence-electron chi connectivity index (χ1n) is 10.8. The van der Waals surface area contributed by atoms with Gasteiger partial charge in [0.1, 0.15) is 11.8 Å². The molecule has 2 amide bonds. The van der Waals surface area contributed by atoms with E-state index in [0.717, 1.165) is 0 Å². The van der Waals surface area contributed by atoms with Gasteiger partial charge in [-0.3, -0.25) is 14.4 Å². The number of ketones is 1. The number of amides is 2. The zero-order chi connectivity index (χ0) is 24.8. The lowest BCUT2D eigenvalue weighted by Gasteiger charge is -2.34. The van der Waals surface area contributed by atoms with E-state index in [1.54, 1.807) is 13.8 Å². The maximum Gasteiger partial charge on any atom is 0.326 e. The van der Waals surface area contributed by atoms with Crippen LogP contribution in [0.2, 0.25) is 0 Å². The Morgan fingerprint density at radius 1 is 0.903 bits per heavy atom. The summed E-state index contributed by atoms with van der Waals surface area (Å²) in [4.78, 5) is 48.5. The number of carbonyl (C=O) groups excluding carboxylic acids is 3. The third kappa shape index (κ3) is 11.6. The highest BCUT2D eigenvalue weighted by Crippen LogP contribution is 2.30. The van der Waals surface area contributed by atoms with Crippen molar-refractivity contribution in [3.05, 3.63) is 0 Å². The van der Waals surface area contributed by atoms with Crippen LogP contribution in [0, 0.1) is 10.8 Å². The molecule has 1 atom stereocenters. The van der Waals surface area contributed by atoms with Gasteiger partial charge in [0.15, 0.2) is 0 Å². The third-order valence-electron chi connectivity index (χ3n) is 5.55. The van der Waals surface area contributed by atoms with Gasteiger partial charge in [-0.1, -0.05) is 41.5 Å². The van der Waals surface area contributed by atoms with Gasteiger partial charge < -0.3 is 15.7 Å². The molecule has 0 aromatic heterocycles. The van der Waals surface area contributed by atoms with Crippen molar-refractivity contribution in [1.29, 1.82) is 0 Å². The Morgan fingerprint density at radius 2 is 1.42 bits per heavy atom. The molecule has 0 saturated heterocycles. The lowest BCUT2D eigenvalue weighted by molar-refractivity contribution is -0.144. The third-order valence-corrected chi connectivity index (χ3v) is 5.78. The predicted octanol–water partition coefficient (Wildman–Crippen LogP) is 3.75. The maximum atomic E-state index is 12.7. The van der Waals surface area contributed by atoms with Crippen LogP contribution in [0.5, 0.6) is 0 Å². The average Bonchev–Trinajstić information content (AvgIpc) is 2.54. The van der Waals surface area contributed by atoms with Crippen molar-refractivity contribution in [2.24, 2.45) is 10.8 Å². The van der Waals surface area contributed by atoms with Crippen LogP contribution in [0.15, 0.2) is 0 Å². The molecule has 0 saturated carbocycles. The Hall–Kier alpha value is -1.57. The smallest absolute Gasteiger partial charge is 0.326 e. The van der Waals surface area contributed by atoms with E-state index in [4.69, 9.17) is 0 Å². The van der Waals surface area contributed by atoms with Gasteiger partial charge in [0.05, 0.1) is 0 Å². The van der Waals surface area contributed by atoms with Crippen molar-refractivity contribution >= 4 is 36.2 Å². The van der Waals surface area contributed by atoms with Gasteiger partial charge in [0.2, 0.25) is 11.8 Å². The summed E-state index contributed by atoms with van der Waals surface area (Å²) in [7, 11) is 0. The van der Waals surface area contributed by atoms with Crippen LogP contribution in [0.1, 0.15) is 94.4 Å². The normalized spacial score (nSPS) is 14.0. The molecule has 0 bridgehead atoms. The quantitative estimate of drug-likeness (QED) is 0.314. The van der Waals surface area contributed by atoms with Crippen molar-refractivity contribution in [1.82, 2.24) is 10.6 Å². The lowest BCUT2D eigenvalue weighted by Crippen LogP contribution is -2.49. The summed E-state index contributed by atoms with van der Waals surface area (Å²) in [6.07, 6.45) is 1.64. The van der Waals surface area contributed by atoms with Gasteiger partial charge in [-0.05, 0) is 46.5 Å². The number of hydrogen-bond acceptors (Lipinski definition) is 5. The standard InChI is InChI=1S/C23H42N2O5S/c1-15(26)21(4,5)14-22(6,7)25-17(27)11-10-16(18(28)29)24-19(30)20(2,3)12-13-23(8,9)31/h16,31H,10-14H2,1-9H3,(H,24,30)(H,25,27)(H,28,29)/t16-/m0/s1. The van der Waals surface area contributed by atoms with E-state index in [2.05, 4.69) is 23.3 Å². The van der Waals surface area contributed by atoms with Crippen LogP contribution in [-0.4, -0.2) is 45.0 Å². The van der Waals surface area contributed by atoms with Gasteiger partial charge in [0.25, 0.3) is 0 Å². The number of hydrogen-bond donors (Lipinski definition) is 4. The second-order valence-electron chi connectivity index (χ2n) is 11.1. The zero-order valence-electron chi connectivity index (χ0n) is 20.6. The fourth-order valence-electron chi connectivity index (χ4n) is 3.33. The Labute approximate surface area is 192 Å². The van der Waals surface area contributed by atoms with Gasteiger partial charge in [-0.25, -0.2) is 4.79 Å². The van der Waals surface area contributed by atoms with Crippen LogP contribution >= 0.6 is 12.6 Å². The summed E-state index contributed by atoms with van der Waals surface area (Å²) in [5.41, 5.74) is -1.96. The SMILES string of the molecule is CC(=O)C(C)(C)CC(C)(C)NC(=O)CC[C@H](NC(=O)C(C)(C)CCC(C)(C)S)C(=O)O. The van der Waals surface area contributed by atoms with E-state index >= 15 is 0 Å². The Bertz CT molecular complexity index is 678. The first-order valence-corrected chi connectivity index (χ1v) is 11.2. The van der Waals surface area contributed by atoms with E-state index in [-0.39, 0.29) is 35.2 Å². The minimum atomic E-state index is -1.18. The maximum absolute atomic E-state index is 12.7. The molecule has 0 aromatic rings. The lowest BCUT2D eigenvalue weighted by atomic mass is 9.77. The van der Waals surface area contributed by atoms with Gasteiger partial charge in [-0.2, -0.15) is 12.6 Å². The van der Waals surface area contributed by atoms with Crippen LogP contribution in [0.4, 0.5) is 0 Å². The predicted molar refractivity (Wildman–Crippen MR) is 126 cm³/mol. The van der Waals surface area contributed by atoms with E-state index in [9.17, 15) is 24.3 Å². The Balaban J connectivity index is 4.92. The molecule has 0 unspecified atom stereocenters. The van der Waals surface area contributed by atoms with Crippen molar-refractivity contribution in [3.63, 3.8) is 0 Å². The summed E-state index contributed by atoms with van der Waals surface area (Å²) in [5, 5.41) is 15.0. The van der Waals surface area contributed by atoms with Crippen LogP contribution < -0.4 is 10.6 Å². The summed E-state index contributed by atoms with van der Waals surface area (Å²) in [6, 6.07) is -1.15. The molecular weight excluding hydrogens is 416 g/mol. The average molecular weight is 459 g/mol. The molecule has 0 aliphatic heterocycles. The van der Waals surface area contributed by atoms with Gasteiger partial charge >= 0.3 is 5.97 Å². The highest BCUT2D eigenvalue weighted by atomic mass is 32.1. The molecule has 8 heteroatoms. The summed E-state index contributed by atoms with van der Waals surface area (Å²) >= 11 is 4.48. The Kier molecular flexibility index (Phi) is 10.3. The molecule has 180 valence electrons. The molecule has 0 heterocycles. The molecule has 0 aliphatic carbocycles. The first kappa shape index (κ1) is 29.4. The number of carboxylic acid groups (broad SMARTS) is 1. The number of rotatable bonds is 13. The monoisotopic (exact) mass is 458 g/mol. The minimum absolute atomic E-state index is 0.0206. The largest absolute Gasteiger partial charge is 0.480 e. The molecule has 0 aromatic carbocycles. The summed E-state index contributed by atoms with van der Waals surface area (Å²) < 4.78 is -0.231. The summed E-state index contributed by atoms with van der Waals surface area (Å²) in [5.74, 6) is -1.82. The van der Waals surface area contributed by atoms with Crippen molar-refractivity contribution < 1.29 is 24.3 Å². The van der Waals surface area contributed by atoms with Crippen molar-refractivity contribution in [3.8, 4) is 0 Å². The molecule has 0 radical (unpaired) electrons. The Morgan fingerprint density at radius 3 is 1.84 bits per heavy atom. The zero-order valence-corrected chi connectivity index (χ0v) is 21.5. The molecule has 7 nitrogen and oxygen atoms in total. The molecular formula is C23H42N2O5S. The second kappa shape index (κ2) is 10.8. The highest BCUT2D eigenvalue weighted by molar-refractivity contribution is 7.81.